The first kappa shape index (κ1) is 23.5. The van der Waals surface area contributed by atoms with Gasteiger partial charge in [-0.1, -0.05) is 71.1 Å². The van der Waals surface area contributed by atoms with Gasteiger partial charge >= 0.3 is 0 Å². The number of rotatable bonds is 5. The minimum Gasteiger partial charge on any atom is -0.393 e. The molecule has 0 aromatic heterocycles. The fourth-order valence-corrected chi connectivity index (χ4v) is 6.32. The third-order valence-electron chi connectivity index (χ3n) is 8.71. The zero-order valence-corrected chi connectivity index (χ0v) is 19.9. The van der Waals surface area contributed by atoms with Gasteiger partial charge < -0.3 is 10.2 Å². The summed E-state index contributed by atoms with van der Waals surface area (Å²) in [6.07, 6.45) is 15.8. The molecule has 0 aromatic carbocycles. The van der Waals surface area contributed by atoms with Crippen molar-refractivity contribution in [2.45, 2.75) is 91.8 Å². The van der Waals surface area contributed by atoms with E-state index in [1.165, 1.54) is 32.1 Å². The number of hydrogen-bond acceptors (Lipinski definition) is 2. The van der Waals surface area contributed by atoms with Crippen LogP contribution in [0.1, 0.15) is 79.6 Å². The first-order valence-corrected chi connectivity index (χ1v) is 12.3. The first-order valence-electron chi connectivity index (χ1n) is 12.3. The van der Waals surface area contributed by atoms with Crippen LogP contribution in [0, 0.1) is 35.0 Å². The molecule has 3 aliphatic carbocycles. The van der Waals surface area contributed by atoms with E-state index >= 15 is 0 Å². The molecule has 3 rings (SSSR count). The highest BCUT2D eigenvalue weighted by Gasteiger charge is 2.50. The molecule has 0 radical (unpaired) electrons. The van der Waals surface area contributed by atoms with Gasteiger partial charge in [0.1, 0.15) is 0 Å². The molecule has 2 nitrogen and oxygen atoms in total. The summed E-state index contributed by atoms with van der Waals surface area (Å²) in [6, 6.07) is 0. The van der Waals surface area contributed by atoms with Crippen LogP contribution in [-0.4, -0.2) is 22.4 Å². The Kier molecular flexibility index (Phi) is 7.51. The molecular formula is C28H44O2. The Morgan fingerprint density at radius 1 is 1.07 bits per heavy atom. The van der Waals surface area contributed by atoms with Crippen molar-refractivity contribution < 1.29 is 10.2 Å². The second kappa shape index (κ2) is 9.57. The Morgan fingerprint density at radius 2 is 1.80 bits per heavy atom. The fourth-order valence-electron chi connectivity index (χ4n) is 6.32. The van der Waals surface area contributed by atoms with E-state index in [-0.39, 0.29) is 0 Å². The predicted octanol–water partition coefficient (Wildman–Crippen LogP) is 6.61. The van der Waals surface area contributed by atoms with Crippen molar-refractivity contribution in [2.75, 3.05) is 0 Å². The lowest BCUT2D eigenvalue weighted by molar-refractivity contribution is 0.0862. The maximum atomic E-state index is 10.1. The van der Waals surface area contributed by atoms with Crippen LogP contribution in [0.2, 0.25) is 0 Å². The van der Waals surface area contributed by atoms with Crippen molar-refractivity contribution in [3.8, 4) is 0 Å². The van der Waals surface area contributed by atoms with E-state index in [0.717, 1.165) is 17.1 Å². The molecule has 0 heterocycles. The molecule has 0 aromatic rings. The van der Waals surface area contributed by atoms with Crippen molar-refractivity contribution in [3.05, 3.63) is 47.6 Å². The zero-order chi connectivity index (χ0) is 22.1. The van der Waals surface area contributed by atoms with E-state index in [9.17, 15) is 10.2 Å². The highest BCUT2D eigenvalue weighted by molar-refractivity contribution is 5.38. The topological polar surface area (TPSA) is 40.5 Å². The third kappa shape index (κ3) is 4.86. The molecule has 3 saturated carbocycles. The summed E-state index contributed by atoms with van der Waals surface area (Å²) < 4.78 is 0. The summed E-state index contributed by atoms with van der Waals surface area (Å²) in [7, 11) is 0. The predicted molar refractivity (Wildman–Crippen MR) is 127 cm³/mol. The molecule has 2 N–H and O–H groups in total. The summed E-state index contributed by atoms with van der Waals surface area (Å²) in [4.78, 5) is 0. The van der Waals surface area contributed by atoms with Crippen LogP contribution in [0.5, 0.6) is 0 Å². The SMILES string of the molecule is C=C1C(=CC=C2CCC[C@@]3(C)C2CC[C@@H]3[C@H](C)C=C[C@H](C)C(C)C)C[C@@H](O)C[C@H]1O. The van der Waals surface area contributed by atoms with Crippen molar-refractivity contribution in [3.63, 3.8) is 0 Å². The highest BCUT2D eigenvalue weighted by atomic mass is 16.3. The summed E-state index contributed by atoms with van der Waals surface area (Å²) in [5.41, 5.74) is 3.77. The van der Waals surface area contributed by atoms with Crippen molar-refractivity contribution in [1.29, 1.82) is 0 Å². The summed E-state index contributed by atoms with van der Waals surface area (Å²) in [5, 5.41) is 20.2. The second-order valence-corrected chi connectivity index (χ2v) is 11.0. The van der Waals surface area contributed by atoms with E-state index in [2.05, 4.69) is 65.5 Å². The minimum atomic E-state index is -0.605. The van der Waals surface area contributed by atoms with Crippen molar-refractivity contribution >= 4 is 0 Å². The van der Waals surface area contributed by atoms with Gasteiger partial charge in [-0.25, -0.2) is 0 Å². The molecule has 3 fully saturated rings. The zero-order valence-electron chi connectivity index (χ0n) is 19.9. The maximum absolute atomic E-state index is 10.1. The minimum absolute atomic E-state index is 0.385. The number of allylic oxidation sites excluding steroid dienone is 5. The largest absolute Gasteiger partial charge is 0.393 e. The second-order valence-electron chi connectivity index (χ2n) is 11.0. The molecule has 0 amide bonds. The van der Waals surface area contributed by atoms with E-state index < -0.39 is 12.2 Å². The van der Waals surface area contributed by atoms with E-state index in [4.69, 9.17) is 0 Å². The maximum Gasteiger partial charge on any atom is 0.0811 e. The monoisotopic (exact) mass is 412 g/mol. The molecule has 30 heavy (non-hydrogen) atoms. The summed E-state index contributed by atoms with van der Waals surface area (Å²) in [5.74, 6) is 3.38. The molecule has 0 bridgehead atoms. The lowest BCUT2D eigenvalue weighted by Crippen LogP contribution is -2.35. The Labute approximate surface area is 184 Å². The molecule has 1 unspecified atom stereocenters. The molecule has 7 atom stereocenters. The lowest BCUT2D eigenvalue weighted by Gasteiger charge is -2.44. The molecule has 0 aliphatic heterocycles. The lowest BCUT2D eigenvalue weighted by atomic mass is 9.61. The van der Waals surface area contributed by atoms with Crippen LogP contribution in [-0.2, 0) is 0 Å². The van der Waals surface area contributed by atoms with Crippen molar-refractivity contribution in [1.82, 2.24) is 0 Å². The van der Waals surface area contributed by atoms with Gasteiger partial charge in [-0.15, -0.1) is 0 Å². The van der Waals surface area contributed by atoms with Crippen LogP contribution in [0.15, 0.2) is 47.6 Å². The molecule has 168 valence electrons. The Hall–Kier alpha value is -1.12. The van der Waals surface area contributed by atoms with Gasteiger partial charge in [-0.2, -0.15) is 0 Å². The number of hydrogen-bond donors (Lipinski definition) is 2. The highest BCUT2D eigenvalue weighted by Crippen LogP contribution is 2.59. The first-order chi connectivity index (χ1) is 14.1. The normalized spacial score (nSPS) is 39.8. The molecular weight excluding hydrogens is 368 g/mol. The van der Waals surface area contributed by atoms with Crippen LogP contribution < -0.4 is 0 Å². The average Bonchev–Trinajstić information content (AvgIpc) is 3.04. The van der Waals surface area contributed by atoms with Crippen LogP contribution in [0.3, 0.4) is 0 Å². The standard InChI is InChI=1S/C28H44O2/c1-18(2)19(3)9-10-20(4)25-13-14-26-22(8-7-15-28(25,26)6)11-12-23-16-24(29)17-27(30)21(23)5/h9-12,18-20,24-27,29-30H,5,7-8,13-17H2,1-4,6H3/t19-,20+,24+,25+,26?,27+,28+/m0/s1. The van der Waals surface area contributed by atoms with Crippen molar-refractivity contribution in [2.24, 2.45) is 35.0 Å². The van der Waals surface area contributed by atoms with Gasteiger partial charge in [0.2, 0.25) is 0 Å². The average molecular weight is 413 g/mol. The molecule has 0 spiro atoms. The number of aliphatic hydroxyl groups is 2. The van der Waals surface area contributed by atoms with Gasteiger partial charge in [0.25, 0.3) is 0 Å². The fraction of sp³-hybridized carbons (Fsp3) is 0.714. The smallest absolute Gasteiger partial charge is 0.0811 e. The van der Waals surface area contributed by atoms with E-state index in [0.29, 0.717) is 41.9 Å². The van der Waals surface area contributed by atoms with Crippen LogP contribution in [0.25, 0.3) is 0 Å². The molecule has 2 heteroatoms. The number of aliphatic hydroxyl groups excluding tert-OH is 2. The van der Waals surface area contributed by atoms with Gasteiger partial charge in [0.05, 0.1) is 12.2 Å². The Balaban J connectivity index is 1.76. The Morgan fingerprint density at radius 3 is 2.50 bits per heavy atom. The van der Waals surface area contributed by atoms with E-state index in [1.54, 1.807) is 5.57 Å². The quantitative estimate of drug-likeness (QED) is 0.499. The molecule has 0 saturated heterocycles. The number of fused-ring (bicyclic) bond motifs is 1. The Bertz CT molecular complexity index is 712. The van der Waals surface area contributed by atoms with Gasteiger partial charge in [-0.3, -0.25) is 0 Å². The van der Waals surface area contributed by atoms with Gasteiger partial charge in [0, 0.05) is 6.42 Å². The van der Waals surface area contributed by atoms with Gasteiger partial charge in [0.15, 0.2) is 0 Å². The molecule has 3 aliphatic rings. The summed E-state index contributed by atoms with van der Waals surface area (Å²) >= 11 is 0. The van der Waals surface area contributed by atoms with Gasteiger partial charge in [-0.05, 0) is 84.7 Å². The van der Waals surface area contributed by atoms with E-state index in [1.807, 2.05) is 0 Å². The van der Waals surface area contributed by atoms with Crippen LogP contribution in [0.4, 0.5) is 0 Å². The third-order valence-corrected chi connectivity index (χ3v) is 8.71. The van der Waals surface area contributed by atoms with Crippen LogP contribution >= 0.6 is 0 Å². The summed E-state index contributed by atoms with van der Waals surface area (Å²) in [6.45, 7) is 16.0.